The number of carbonyl (C=O) groups excluding carboxylic acids is 2. The van der Waals surface area contributed by atoms with Crippen molar-refractivity contribution in [1.82, 2.24) is 19.3 Å². The second-order valence-corrected chi connectivity index (χ2v) is 6.88. The summed E-state index contributed by atoms with van der Waals surface area (Å²) in [5.74, 6) is -1.10. The Hall–Kier alpha value is -3.65. The van der Waals surface area contributed by atoms with Gasteiger partial charge in [0, 0.05) is 24.5 Å². The lowest BCUT2D eigenvalue weighted by Gasteiger charge is -2.09. The number of anilines is 1. The molecule has 0 aliphatic heterocycles. The van der Waals surface area contributed by atoms with Gasteiger partial charge in [-0.15, -0.1) is 0 Å². The maximum Gasteiger partial charge on any atom is 0.435 e. The van der Waals surface area contributed by atoms with E-state index < -0.39 is 17.8 Å². The summed E-state index contributed by atoms with van der Waals surface area (Å²) in [6, 6.07) is 6.02. The summed E-state index contributed by atoms with van der Waals surface area (Å²) in [5.41, 5.74) is -0.947. The molecule has 12 heteroatoms. The molecule has 2 heterocycles. The average Bonchev–Trinajstić information content (AvgIpc) is 3.25. The van der Waals surface area contributed by atoms with Crippen molar-refractivity contribution in [2.45, 2.75) is 19.6 Å². The monoisotopic (exact) mass is 450 g/mol. The van der Waals surface area contributed by atoms with E-state index in [2.05, 4.69) is 15.4 Å². The van der Waals surface area contributed by atoms with Gasteiger partial charge in [-0.3, -0.25) is 14.3 Å². The SMILES string of the molecule is CC(=O)c1ccc(NC(=O)c2ncc(-c3cn(CC#N)nc3C(F)(F)F)n2C)cc1Cl. The van der Waals surface area contributed by atoms with Crippen LogP contribution in [0.4, 0.5) is 18.9 Å². The number of Topliss-reactive ketones (excluding diaryl/α,β-unsaturated/α-hetero) is 1. The highest BCUT2D eigenvalue weighted by Crippen LogP contribution is 2.36. The minimum absolute atomic E-state index is 0.00775. The van der Waals surface area contributed by atoms with Gasteiger partial charge in [0.15, 0.2) is 17.3 Å². The molecule has 0 aliphatic rings. The number of hydrogen-bond acceptors (Lipinski definition) is 5. The fourth-order valence-electron chi connectivity index (χ4n) is 2.91. The lowest BCUT2D eigenvalue weighted by molar-refractivity contribution is -0.141. The Morgan fingerprint density at radius 2 is 2.03 bits per heavy atom. The lowest BCUT2D eigenvalue weighted by atomic mass is 10.1. The van der Waals surface area contributed by atoms with Crippen molar-refractivity contribution in [3.63, 3.8) is 0 Å². The zero-order valence-corrected chi connectivity index (χ0v) is 16.9. The molecule has 1 amide bonds. The number of nitrogens with one attached hydrogen (secondary N) is 1. The van der Waals surface area contributed by atoms with E-state index in [4.69, 9.17) is 16.9 Å². The quantitative estimate of drug-likeness (QED) is 0.593. The van der Waals surface area contributed by atoms with Crippen LogP contribution in [0.2, 0.25) is 5.02 Å². The van der Waals surface area contributed by atoms with Crippen LogP contribution >= 0.6 is 11.6 Å². The van der Waals surface area contributed by atoms with Crippen LogP contribution in [0, 0.1) is 11.3 Å². The van der Waals surface area contributed by atoms with Gasteiger partial charge in [0.2, 0.25) is 0 Å². The molecule has 0 spiro atoms. The van der Waals surface area contributed by atoms with E-state index in [0.717, 1.165) is 17.1 Å². The smallest absolute Gasteiger partial charge is 0.323 e. The highest BCUT2D eigenvalue weighted by atomic mass is 35.5. The molecule has 31 heavy (non-hydrogen) atoms. The number of hydrogen-bond donors (Lipinski definition) is 1. The first-order valence-electron chi connectivity index (χ1n) is 8.68. The van der Waals surface area contributed by atoms with Gasteiger partial charge < -0.3 is 9.88 Å². The van der Waals surface area contributed by atoms with Crippen LogP contribution in [0.15, 0.2) is 30.6 Å². The summed E-state index contributed by atoms with van der Waals surface area (Å²) in [7, 11) is 1.38. The van der Waals surface area contributed by atoms with E-state index in [1.165, 1.54) is 36.7 Å². The molecule has 160 valence electrons. The maximum absolute atomic E-state index is 13.4. The molecular formula is C19H14ClF3N6O2. The van der Waals surface area contributed by atoms with E-state index in [1.807, 2.05) is 0 Å². The van der Waals surface area contributed by atoms with Gasteiger partial charge in [-0.2, -0.15) is 23.5 Å². The van der Waals surface area contributed by atoms with Crippen molar-refractivity contribution in [2.24, 2.45) is 7.05 Å². The van der Waals surface area contributed by atoms with Gasteiger partial charge in [0.1, 0.15) is 6.54 Å². The average molecular weight is 451 g/mol. The van der Waals surface area contributed by atoms with Crippen molar-refractivity contribution in [1.29, 1.82) is 5.26 Å². The predicted molar refractivity (Wildman–Crippen MR) is 104 cm³/mol. The molecule has 2 aromatic heterocycles. The van der Waals surface area contributed by atoms with E-state index in [9.17, 15) is 22.8 Å². The molecule has 0 unspecified atom stereocenters. The third kappa shape index (κ3) is 4.44. The van der Waals surface area contributed by atoms with Crippen LogP contribution in [0.1, 0.15) is 33.6 Å². The van der Waals surface area contributed by atoms with E-state index in [0.29, 0.717) is 0 Å². The van der Waals surface area contributed by atoms with Crippen LogP contribution in [-0.2, 0) is 19.8 Å². The van der Waals surface area contributed by atoms with Crippen molar-refractivity contribution in [3.8, 4) is 17.3 Å². The molecule has 0 radical (unpaired) electrons. The second-order valence-electron chi connectivity index (χ2n) is 6.48. The largest absolute Gasteiger partial charge is 0.435 e. The van der Waals surface area contributed by atoms with Gasteiger partial charge in [-0.25, -0.2) is 4.98 Å². The number of alkyl halides is 3. The van der Waals surface area contributed by atoms with Crippen LogP contribution < -0.4 is 5.32 Å². The topological polar surface area (TPSA) is 106 Å². The number of ketones is 1. The molecule has 0 saturated heterocycles. The normalized spacial score (nSPS) is 11.3. The maximum atomic E-state index is 13.4. The highest BCUT2D eigenvalue weighted by molar-refractivity contribution is 6.34. The van der Waals surface area contributed by atoms with Crippen LogP contribution in [0.25, 0.3) is 11.3 Å². The summed E-state index contributed by atoms with van der Waals surface area (Å²) in [5, 5.41) is 14.9. The standard InChI is InChI=1S/C19H14ClF3N6O2/c1-10(30)12-4-3-11(7-14(12)20)26-18(31)17-25-8-15(28(17)2)13-9-29(6-5-24)27-16(13)19(21,22)23/h3-4,7-9H,6H2,1-2H3,(H,26,31). The number of halogens is 4. The zero-order valence-electron chi connectivity index (χ0n) is 16.2. The van der Waals surface area contributed by atoms with Gasteiger partial charge in [-0.1, -0.05) is 11.6 Å². The summed E-state index contributed by atoms with van der Waals surface area (Å²) in [4.78, 5) is 28.0. The Kier molecular flexibility index (Phi) is 5.85. The Balaban J connectivity index is 1.94. The number of aromatic nitrogens is 4. The molecule has 1 aromatic carbocycles. The fraction of sp³-hybridized carbons (Fsp3) is 0.211. The summed E-state index contributed by atoms with van der Waals surface area (Å²) >= 11 is 6.03. The molecule has 0 aliphatic carbocycles. The highest BCUT2D eigenvalue weighted by Gasteiger charge is 2.38. The lowest BCUT2D eigenvalue weighted by Crippen LogP contribution is -2.17. The van der Waals surface area contributed by atoms with Crippen molar-refractivity contribution in [3.05, 3.63) is 52.7 Å². The third-order valence-electron chi connectivity index (χ3n) is 4.34. The van der Waals surface area contributed by atoms with Crippen LogP contribution in [0.5, 0.6) is 0 Å². The summed E-state index contributed by atoms with van der Waals surface area (Å²) in [6.45, 7) is 0.980. The van der Waals surface area contributed by atoms with Gasteiger partial charge in [0.25, 0.3) is 5.91 Å². The molecule has 0 fully saturated rings. The van der Waals surface area contributed by atoms with E-state index >= 15 is 0 Å². The molecule has 3 rings (SSSR count). The van der Waals surface area contributed by atoms with Gasteiger partial charge in [0.05, 0.1) is 28.5 Å². The molecule has 0 atom stereocenters. The number of amides is 1. The summed E-state index contributed by atoms with van der Waals surface area (Å²) in [6.07, 6.45) is -2.58. The molecule has 0 bridgehead atoms. The molecule has 8 nitrogen and oxygen atoms in total. The zero-order chi connectivity index (χ0) is 22.9. The number of carbonyl (C=O) groups is 2. The first-order valence-corrected chi connectivity index (χ1v) is 9.06. The molecule has 0 saturated carbocycles. The van der Waals surface area contributed by atoms with E-state index in [-0.39, 0.29) is 45.7 Å². The first-order chi connectivity index (χ1) is 14.5. The third-order valence-corrected chi connectivity index (χ3v) is 4.65. The Morgan fingerprint density at radius 3 is 2.61 bits per heavy atom. The first kappa shape index (κ1) is 22.0. The number of nitriles is 1. The Labute approximate surface area is 178 Å². The Bertz CT molecular complexity index is 1220. The number of nitrogens with zero attached hydrogens (tertiary/aromatic N) is 5. The van der Waals surface area contributed by atoms with Crippen LogP contribution in [-0.4, -0.2) is 31.0 Å². The second kappa shape index (κ2) is 8.23. The van der Waals surface area contributed by atoms with Crippen LogP contribution in [0.3, 0.4) is 0 Å². The summed E-state index contributed by atoms with van der Waals surface area (Å²) < 4.78 is 42.2. The predicted octanol–water partition coefficient (Wildman–Crippen LogP) is 3.93. The minimum Gasteiger partial charge on any atom is -0.323 e. The van der Waals surface area contributed by atoms with Gasteiger partial charge in [-0.05, 0) is 25.1 Å². The molecule has 3 aromatic rings. The Morgan fingerprint density at radius 1 is 1.32 bits per heavy atom. The fourth-order valence-corrected chi connectivity index (χ4v) is 3.22. The number of rotatable bonds is 5. The number of imidazole rings is 1. The van der Waals surface area contributed by atoms with Crippen molar-refractivity contribution < 1.29 is 22.8 Å². The van der Waals surface area contributed by atoms with E-state index in [1.54, 1.807) is 6.07 Å². The molecular weight excluding hydrogens is 437 g/mol. The van der Waals surface area contributed by atoms with Crippen molar-refractivity contribution >= 4 is 29.0 Å². The van der Waals surface area contributed by atoms with Gasteiger partial charge >= 0.3 is 6.18 Å². The molecule has 1 N–H and O–H groups in total. The minimum atomic E-state index is -4.77. The van der Waals surface area contributed by atoms with Crippen molar-refractivity contribution in [2.75, 3.05) is 5.32 Å². The number of benzene rings is 1.